The van der Waals surface area contributed by atoms with Gasteiger partial charge in [0.15, 0.2) is 0 Å². The summed E-state index contributed by atoms with van der Waals surface area (Å²) in [5, 5.41) is 8.78. The second-order valence-electron chi connectivity index (χ2n) is 6.45. The molecule has 1 aliphatic heterocycles. The number of likely N-dealkylation sites (tertiary alicyclic amines) is 1. The van der Waals surface area contributed by atoms with Gasteiger partial charge in [-0.25, -0.2) is 0 Å². The summed E-state index contributed by atoms with van der Waals surface area (Å²) in [5.41, 5.74) is 4.11. The van der Waals surface area contributed by atoms with E-state index in [4.69, 9.17) is 5.11 Å². The second kappa shape index (κ2) is 7.08. The highest BCUT2D eigenvalue weighted by Gasteiger charge is 2.24. The Hall–Kier alpha value is -1.35. The average molecular weight is 289 g/mol. The van der Waals surface area contributed by atoms with Crippen LogP contribution in [0.15, 0.2) is 18.2 Å². The van der Waals surface area contributed by atoms with Crippen LogP contribution < -0.4 is 0 Å². The van der Waals surface area contributed by atoms with Crippen LogP contribution in [0, 0.1) is 19.8 Å². The molecular weight excluding hydrogens is 262 g/mol. The van der Waals surface area contributed by atoms with Crippen LogP contribution in [0.5, 0.6) is 0 Å². The third kappa shape index (κ3) is 4.31. The Labute approximate surface area is 128 Å². The summed E-state index contributed by atoms with van der Waals surface area (Å²) in [6.45, 7) is 8.78. The van der Waals surface area contributed by atoms with Crippen LogP contribution in [0.1, 0.15) is 55.3 Å². The van der Waals surface area contributed by atoms with Gasteiger partial charge < -0.3 is 5.11 Å². The van der Waals surface area contributed by atoms with E-state index < -0.39 is 5.97 Å². The minimum Gasteiger partial charge on any atom is -0.481 e. The molecule has 2 rings (SSSR count). The normalized spacial score (nSPS) is 18.6. The molecule has 1 heterocycles. The molecule has 0 saturated carbocycles. The molecular formula is C18H27NO2. The number of carbonyl (C=O) groups is 1. The molecule has 1 saturated heterocycles. The topological polar surface area (TPSA) is 40.5 Å². The smallest absolute Gasteiger partial charge is 0.303 e. The van der Waals surface area contributed by atoms with E-state index in [1.807, 2.05) is 0 Å². The zero-order chi connectivity index (χ0) is 15.4. The lowest BCUT2D eigenvalue weighted by molar-refractivity contribution is -0.137. The Balaban J connectivity index is 1.90. The number of carboxylic acids is 1. The highest BCUT2D eigenvalue weighted by atomic mass is 16.4. The number of aryl methyl sites for hydroxylation is 2. The van der Waals surface area contributed by atoms with Gasteiger partial charge in [0.1, 0.15) is 0 Å². The summed E-state index contributed by atoms with van der Waals surface area (Å²) in [7, 11) is 0. The molecule has 1 aromatic carbocycles. The molecule has 0 aliphatic carbocycles. The number of carboxylic acid groups (broad SMARTS) is 1. The van der Waals surface area contributed by atoms with E-state index in [-0.39, 0.29) is 0 Å². The molecule has 3 heteroatoms. The minimum absolute atomic E-state index is 0.317. The quantitative estimate of drug-likeness (QED) is 0.892. The van der Waals surface area contributed by atoms with E-state index in [2.05, 4.69) is 43.9 Å². The molecule has 0 amide bonds. The van der Waals surface area contributed by atoms with Gasteiger partial charge in [0.05, 0.1) is 0 Å². The highest BCUT2D eigenvalue weighted by molar-refractivity contribution is 5.66. The predicted molar refractivity (Wildman–Crippen MR) is 85.5 cm³/mol. The van der Waals surface area contributed by atoms with Crippen molar-refractivity contribution in [1.29, 1.82) is 0 Å². The lowest BCUT2D eigenvalue weighted by atomic mass is 9.90. The van der Waals surface area contributed by atoms with Crippen LogP contribution in [0.3, 0.4) is 0 Å². The third-order valence-corrected chi connectivity index (χ3v) is 4.84. The first-order valence-corrected chi connectivity index (χ1v) is 8.00. The van der Waals surface area contributed by atoms with Crippen LogP contribution in [-0.2, 0) is 4.79 Å². The summed E-state index contributed by atoms with van der Waals surface area (Å²) >= 11 is 0. The van der Waals surface area contributed by atoms with E-state index in [1.165, 1.54) is 16.7 Å². The number of hydrogen-bond acceptors (Lipinski definition) is 2. The summed E-state index contributed by atoms with van der Waals surface area (Å²) in [6.07, 6.45) is 3.41. The molecule has 3 nitrogen and oxygen atoms in total. The Morgan fingerprint density at radius 1 is 1.33 bits per heavy atom. The number of nitrogens with zero attached hydrogens (tertiary/aromatic N) is 1. The first-order valence-electron chi connectivity index (χ1n) is 8.00. The van der Waals surface area contributed by atoms with Gasteiger partial charge in [-0.1, -0.05) is 23.8 Å². The second-order valence-corrected chi connectivity index (χ2v) is 6.45. The van der Waals surface area contributed by atoms with E-state index in [1.54, 1.807) is 0 Å². The van der Waals surface area contributed by atoms with E-state index in [0.29, 0.717) is 18.4 Å². The Kier molecular flexibility index (Phi) is 5.40. The van der Waals surface area contributed by atoms with Crippen molar-refractivity contribution in [2.45, 2.75) is 52.5 Å². The number of rotatable bonds is 5. The molecule has 1 N–H and O–H groups in total. The summed E-state index contributed by atoms with van der Waals surface area (Å²) in [5.74, 6) is -0.0789. The van der Waals surface area contributed by atoms with Crippen LogP contribution in [0.4, 0.5) is 0 Å². The van der Waals surface area contributed by atoms with Crippen molar-refractivity contribution >= 4 is 5.97 Å². The van der Waals surface area contributed by atoms with E-state index >= 15 is 0 Å². The Morgan fingerprint density at radius 2 is 2.00 bits per heavy atom. The monoisotopic (exact) mass is 289 g/mol. The van der Waals surface area contributed by atoms with Crippen molar-refractivity contribution in [3.05, 3.63) is 34.9 Å². The van der Waals surface area contributed by atoms with Crippen molar-refractivity contribution in [3.8, 4) is 0 Å². The molecule has 1 atom stereocenters. The maximum Gasteiger partial charge on any atom is 0.303 e. The molecule has 1 aliphatic rings. The lowest BCUT2D eigenvalue weighted by Gasteiger charge is -2.36. The van der Waals surface area contributed by atoms with Gasteiger partial charge in [-0.3, -0.25) is 9.69 Å². The highest BCUT2D eigenvalue weighted by Crippen LogP contribution is 2.30. The van der Waals surface area contributed by atoms with Gasteiger partial charge in [-0.2, -0.15) is 0 Å². The maximum absolute atomic E-state index is 10.7. The first-order chi connectivity index (χ1) is 9.97. The first kappa shape index (κ1) is 16.0. The number of aliphatic carboxylic acids is 1. The third-order valence-electron chi connectivity index (χ3n) is 4.84. The fraction of sp³-hybridized carbons (Fsp3) is 0.611. The molecule has 1 unspecified atom stereocenters. The van der Waals surface area contributed by atoms with Crippen molar-refractivity contribution in [3.63, 3.8) is 0 Å². The van der Waals surface area contributed by atoms with Crippen molar-refractivity contribution in [2.24, 2.45) is 5.92 Å². The molecule has 116 valence electrons. The summed E-state index contributed by atoms with van der Waals surface area (Å²) < 4.78 is 0. The van der Waals surface area contributed by atoms with Crippen LogP contribution in [-0.4, -0.2) is 29.1 Å². The van der Waals surface area contributed by atoms with Crippen molar-refractivity contribution in [1.82, 2.24) is 4.90 Å². The summed E-state index contributed by atoms with van der Waals surface area (Å²) in [4.78, 5) is 13.2. The van der Waals surface area contributed by atoms with Gasteiger partial charge in [-0.05, 0) is 70.2 Å². The maximum atomic E-state index is 10.7. The fourth-order valence-corrected chi connectivity index (χ4v) is 3.45. The molecule has 0 radical (unpaired) electrons. The van der Waals surface area contributed by atoms with Gasteiger partial charge in [0.2, 0.25) is 0 Å². The SMILES string of the molecule is Cc1ccc(C(C)N2CCC(CCC(=O)O)CC2)c(C)c1. The van der Waals surface area contributed by atoms with Gasteiger partial charge in [0, 0.05) is 12.5 Å². The standard InChI is InChI=1S/C18H27NO2/c1-13-4-6-17(14(2)12-13)15(3)19-10-8-16(9-11-19)5-7-18(20)21/h4,6,12,15-16H,5,7-11H2,1-3H3,(H,20,21). The molecule has 1 fully saturated rings. The van der Waals surface area contributed by atoms with Crippen LogP contribution in [0.2, 0.25) is 0 Å². The zero-order valence-electron chi connectivity index (χ0n) is 13.4. The number of hydrogen-bond donors (Lipinski definition) is 1. The van der Waals surface area contributed by atoms with Crippen molar-refractivity contribution in [2.75, 3.05) is 13.1 Å². The minimum atomic E-state index is -0.666. The lowest BCUT2D eigenvalue weighted by Crippen LogP contribution is -2.36. The molecule has 21 heavy (non-hydrogen) atoms. The summed E-state index contributed by atoms with van der Waals surface area (Å²) in [6, 6.07) is 7.15. The van der Waals surface area contributed by atoms with E-state index in [9.17, 15) is 4.79 Å². The largest absolute Gasteiger partial charge is 0.481 e. The number of benzene rings is 1. The Bertz CT molecular complexity index is 490. The van der Waals surface area contributed by atoms with Crippen molar-refractivity contribution < 1.29 is 9.90 Å². The van der Waals surface area contributed by atoms with Crippen LogP contribution >= 0.6 is 0 Å². The average Bonchev–Trinajstić information content (AvgIpc) is 2.45. The van der Waals surface area contributed by atoms with Gasteiger partial charge >= 0.3 is 5.97 Å². The van der Waals surface area contributed by atoms with E-state index in [0.717, 1.165) is 32.4 Å². The zero-order valence-corrected chi connectivity index (χ0v) is 13.4. The molecule has 0 spiro atoms. The Morgan fingerprint density at radius 3 is 2.57 bits per heavy atom. The molecule has 1 aromatic rings. The fourth-order valence-electron chi connectivity index (χ4n) is 3.45. The van der Waals surface area contributed by atoms with Gasteiger partial charge in [0.25, 0.3) is 0 Å². The predicted octanol–water partition coefficient (Wildman–Crippen LogP) is 3.94. The van der Waals surface area contributed by atoms with Crippen LogP contribution in [0.25, 0.3) is 0 Å². The molecule has 0 aromatic heterocycles. The number of piperidine rings is 1. The van der Waals surface area contributed by atoms with Gasteiger partial charge in [-0.15, -0.1) is 0 Å². The molecule has 0 bridgehead atoms.